The number of hydrogen-bond acceptors (Lipinski definition) is 8. The zero-order valence-corrected chi connectivity index (χ0v) is 17.6. The predicted molar refractivity (Wildman–Crippen MR) is 107 cm³/mol. The highest BCUT2D eigenvalue weighted by Gasteiger charge is 2.41. The van der Waals surface area contributed by atoms with Gasteiger partial charge in [-0.3, -0.25) is 4.79 Å². The molecule has 0 bridgehead atoms. The first-order valence-electron chi connectivity index (χ1n) is 9.68. The number of nitrogens with one attached hydrogen (secondary N) is 3. The minimum atomic E-state index is -0.974. The second kappa shape index (κ2) is 11.0. The summed E-state index contributed by atoms with van der Waals surface area (Å²) in [5, 5.41) is 7.37. The SMILES string of the molecule is CC(C)(C)OC(=O)NCCOC(=O)OCC1NC(=O)C1NC(=O)OCc1ccccc1. The van der Waals surface area contributed by atoms with Crippen LogP contribution in [0.1, 0.15) is 26.3 Å². The zero-order chi connectivity index (χ0) is 22.9. The minimum absolute atomic E-state index is 0.0433. The minimum Gasteiger partial charge on any atom is -0.445 e. The number of β-lactam (4-membered cyclic amide) rings is 1. The third-order valence-corrected chi connectivity index (χ3v) is 3.87. The van der Waals surface area contributed by atoms with E-state index < -0.39 is 41.9 Å². The van der Waals surface area contributed by atoms with Crippen molar-refractivity contribution in [1.29, 1.82) is 0 Å². The van der Waals surface area contributed by atoms with Crippen LogP contribution in [0.15, 0.2) is 30.3 Å². The molecule has 0 aliphatic carbocycles. The van der Waals surface area contributed by atoms with E-state index in [4.69, 9.17) is 18.9 Å². The highest BCUT2D eigenvalue weighted by atomic mass is 16.7. The molecule has 31 heavy (non-hydrogen) atoms. The van der Waals surface area contributed by atoms with Gasteiger partial charge in [-0.15, -0.1) is 0 Å². The van der Waals surface area contributed by atoms with Crippen LogP contribution in [-0.2, 0) is 30.3 Å². The van der Waals surface area contributed by atoms with Crippen molar-refractivity contribution in [3.63, 3.8) is 0 Å². The zero-order valence-electron chi connectivity index (χ0n) is 17.6. The smallest absolute Gasteiger partial charge is 0.445 e. The van der Waals surface area contributed by atoms with Crippen LogP contribution in [0.2, 0.25) is 0 Å². The predicted octanol–water partition coefficient (Wildman–Crippen LogP) is 1.46. The molecule has 11 nitrogen and oxygen atoms in total. The van der Waals surface area contributed by atoms with E-state index >= 15 is 0 Å². The Morgan fingerprint density at radius 2 is 1.74 bits per heavy atom. The number of carbonyl (C=O) groups is 4. The maximum absolute atomic E-state index is 11.9. The monoisotopic (exact) mass is 437 g/mol. The number of hydrogen-bond donors (Lipinski definition) is 3. The van der Waals surface area contributed by atoms with Crippen molar-refractivity contribution in [3.8, 4) is 0 Å². The van der Waals surface area contributed by atoms with Crippen LogP contribution in [0, 0.1) is 0 Å². The Balaban J connectivity index is 1.60. The lowest BCUT2D eigenvalue weighted by molar-refractivity contribution is -0.133. The lowest BCUT2D eigenvalue weighted by atomic mass is 10.0. The lowest BCUT2D eigenvalue weighted by Crippen LogP contribution is -2.70. The molecule has 3 N–H and O–H groups in total. The molecule has 0 saturated carbocycles. The Labute approximate surface area is 179 Å². The quantitative estimate of drug-likeness (QED) is 0.240. The molecule has 3 amide bonds. The van der Waals surface area contributed by atoms with E-state index in [1.807, 2.05) is 18.2 Å². The molecule has 1 saturated heterocycles. The first kappa shape index (κ1) is 23.8. The molecule has 0 radical (unpaired) electrons. The molecule has 170 valence electrons. The summed E-state index contributed by atoms with van der Waals surface area (Å²) >= 11 is 0. The third kappa shape index (κ3) is 8.81. The van der Waals surface area contributed by atoms with Crippen LogP contribution in [0.25, 0.3) is 0 Å². The van der Waals surface area contributed by atoms with Crippen LogP contribution in [0.4, 0.5) is 14.4 Å². The van der Waals surface area contributed by atoms with E-state index in [1.165, 1.54) is 0 Å². The molecule has 0 spiro atoms. The van der Waals surface area contributed by atoms with Crippen molar-refractivity contribution < 1.29 is 38.1 Å². The molecular weight excluding hydrogens is 410 g/mol. The Hall–Kier alpha value is -3.50. The summed E-state index contributed by atoms with van der Waals surface area (Å²) in [7, 11) is 0. The van der Waals surface area contributed by atoms with Crippen molar-refractivity contribution in [2.45, 2.75) is 45.1 Å². The van der Waals surface area contributed by atoms with Crippen LogP contribution in [-0.4, -0.2) is 61.7 Å². The van der Waals surface area contributed by atoms with Crippen molar-refractivity contribution >= 4 is 24.2 Å². The van der Waals surface area contributed by atoms with Crippen LogP contribution < -0.4 is 16.0 Å². The van der Waals surface area contributed by atoms with E-state index in [1.54, 1.807) is 32.9 Å². The number of benzene rings is 1. The number of alkyl carbamates (subject to hydrolysis) is 2. The van der Waals surface area contributed by atoms with Gasteiger partial charge in [0.1, 0.15) is 31.5 Å². The molecule has 1 heterocycles. The third-order valence-electron chi connectivity index (χ3n) is 3.87. The van der Waals surface area contributed by atoms with E-state index in [-0.39, 0.29) is 26.4 Å². The van der Waals surface area contributed by atoms with Gasteiger partial charge in [0.25, 0.3) is 0 Å². The van der Waals surface area contributed by atoms with Gasteiger partial charge in [-0.25, -0.2) is 14.4 Å². The van der Waals surface area contributed by atoms with Crippen molar-refractivity contribution in [2.75, 3.05) is 19.8 Å². The molecule has 1 aromatic carbocycles. The molecule has 1 aliphatic heterocycles. The molecule has 2 atom stereocenters. The number of ether oxygens (including phenoxy) is 4. The average molecular weight is 437 g/mol. The van der Waals surface area contributed by atoms with E-state index in [9.17, 15) is 19.2 Å². The van der Waals surface area contributed by atoms with E-state index in [0.29, 0.717) is 0 Å². The Morgan fingerprint density at radius 1 is 1.03 bits per heavy atom. The Bertz CT molecular complexity index is 778. The summed E-state index contributed by atoms with van der Waals surface area (Å²) in [5.74, 6) is -0.416. The van der Waals surface area contributed by atoms with Gasteiger partial charge in [0.2, 0.25) is 5.91 Å². The fourth-order valence-corrected chi connectivity index (χ4v) is 2.44. The molecule has 0 aromatic heterocycles. The second-order valence-electron chi connectivity index (χ2n) is 7.64. The van der Waals surface area contributed by atoms with Crippen molar-refractivity contribution in [2.24, 2.45) is 0 Å². The summed E-state index contributed by atoms with van der Waals surface area (Å²) in [6.45, 7) is 4.96. The van der Waals surface area contributed by atoms with Gasteiger partial charge in [0, 0.05) is 0 Å². The molecule has 2 unspecified atom stereocenters. The first-order valence-corrected chi connectivity index (χ1v) is 9.68. The molecule has 1 aliphatic rings. The highest BCUT2D eigenvalue weighted by molar-refractivity contribution is 5.92. The Morgan fingerprint density at radius 3 is 2.39 bits per heavy atom. The van der Waals surface area contributed by atoms with Gasteiger partial charge in [-0.05, 0) is 26.3 Å². The standard InChI is InChI=1S/C20H27N3O8/c1-20(2,3)31-17(25)21-9-10-28-19(27)30-12-14-15(16(24)22-14)23-18(26)29-11-13-7-5-4-6-8-13/h4-8,14-15H,9-12H2,1-3H3,(H,21,25)(H,22,24)(H,23,26). The maximum Gasteiger partial charge on any atom is 0.508 e. The van der Waals surface area contributed by atoms with Gasteiger partial charge >= 0.3 is 18.3 Å². The molecular formula is C20H27N3O8. The molecule has 1 aromatic rings. The largest absolute Gasteiger partial charge is 0.508 e. The Kier molecular flexibility index (Phi) is 8.47. The van der Waals surface area contributed by atoms with Crippen LogP contribution >= 0.6 is 0 Å². The fourth-order valence-electron chi connectivity index (χ4n) is 2.44. The van der Waals surface area contributed by atoms with Gasteiger partial charge in [0.15, 0.2) is 0 Å². The van der Waals surface area contributed by atoms with Gasteiger partial charge in [-0.1, -0.05) is 30.3 Å². The van der Waals surface area contributed by atoms with Crippen molar-refractivity contribution in [3.05, 3.63) is 35.9 Å². The molecule has 1 fully saturated rings. The van der Waals surface area contributed by atoms with Crippen LogP contribution in [0.5, 0.6) is 0 Å². The molecule has 2 rings (SSSR count). The normalized spacial score (nSPS) is 17.5. The summed E-state index contributed by atoms with van der Waals surface area (Å²) in [6, 6.07) is 7.58. The topological polar surface area (TPSA) is 141 Å². The fraction of sp³-hybridized carbons (Fsp3) is 0.500. The van der Waals surface area contributed by atoms with E-state index in [0.717, 1.165) is 5.56 Å². The number of carbonyl (C=O) groups excluding carboxylic acids is 4. The summed E-state index contributed by atoms with van der Waals surface area (Å²) in [6.07, 6.45) is -2.36. The summed E-state index contributed by atoms with van der Waals surface area (Å²) in [5.41, 5.74) is 0.176. The number of rotatable bonds is 8. The maximum atomic E-state index is 11.9. The molecule has 11 heteroatoms. The van der Waals surface area contributed by atoms with E-state index in [2.05, 4.69) is 16.0 Å². The summed E-state index contributed by atoms with van der Waals surface area (Å²) < 4.78 is 19.8. The summed E-state index contributed by atoms with van der Waals surface area (Å²) in [4.78, 5) is 46.6. The lowest BCUT2D eigenvalue weighted by Gasteiger charge is -2.35. The van der Waals surface area contributed by atoms with Crippen LogP contribution in [0.3, 0.4) is 0 Å². The average Bonchev–Trinajstić information content (AvgIpc) is 2.70. The first-order chi connectivity index (χ1) is 14.6. The van der Waals surface area contributed by atoms with Gasteiger partial charge in [0.05, 0.1) is 12.6 Å². The van der Waals surface area contributed by atoms with Gasteiger partial charge in [-0.2, -0.15) is 0 Å². The second-order valence-corrected chi connectivity index (χ2v) is 7.64. The van der Waals surface area contributed by atoms with Gasteiger partial charge < -0.3 is 34.9 Å². The number of amides is 3. The highest BCUT2D eigenvalue weighted by Crippen LogP contribution is 2.09. The van der Waals surface area contributed by atoms with Crippen molar-refractivity contribution in [1.82, 2.24) is 16.0 Å².